The number of aromatic nitrogens is 1. The van der Waals surface area contributed by atoms with Gasteiger partial charge >= 0.3 is 0 Å². The van der Waals surface area contributed by atoms with E-state index in [-0.39, 0.29) is 16.9 Å². The molecule has 0 spiro atoms. The lowest BCUT2D eigenvalue weighted by Crippen LogP contribution is -2.23. The number of pyridine rings is 1. The Kier molecular flexibility index (Phi) is 4.88. The largest absolute Gasteiger partial charge is 0.327 e. The summed E-state index contributed by atoms with van der Waals surface area (Å²) in [5.41, 5.74) is 8.05. The molecule has 2 rings (SSSR count). The number of nitrogens with two attached hydrogens (primary N) is 1. The first-order chi connectivity index (χ1) is 9.16. The van der Waals surface area contributed by atoms with Crippen molar-refractivity contribution in [3.8, 4) is 0 Å². The molecule has 2 N–H and O–H groups in total. The minimum absolute atomic E-state index is 0.0348. The molecule has 0 amide bonds. The van der Waals surface area contributed by atoms with Gasteiger partial charge in [-0.05, 0) is 48.6 Å². The highest BCUT2D eigenvalue weighted by Gasteiger charge is 2.10. The summed E-state index contributed by atoms with van der Waals surface area (Å²) in [6, 6.07) is 8.74. The average Bonchev–Trinajstić information content (AvgIpc) is 2.43. The lowest BCUT2D eigenvalue weighted by atomic mass is 10.00. The summed E-state index contributed by atoms with van der Waals surface area (Å²) in [4.78, 5) is 3.97. The molecule has 0 saturated heterocycles. The number of halogens is 2. The van der Waals surface area contributed by atoms with Crippen molar-refractivity contribution >= 4 is 11.6 Å². The molecule has 0 aliphatic rings. The summed E-state index contributed by atoms with van der Waals surface area (Å²) in [5.74, 6) is -0.388. The fourth-order valence-corrected chi connectivity index (χ4v) is 2.20. The van der Waals surface area contributed by atoms with Gasteiger partial charge in [0, 0.05) is 18.4 Å². The molecule has 4 heteroatoms. The van der Waals surface area contributed by atoms with Crippen LogP contribution in [0.5, 0.6) is 0 Å². The molecule has 1 unspecified atom stereocenters. The standard InChI is InChI=1S/C15H16ClFN2/c16-15-12(2-1-3-14(15)17)10-13(18)5-4-11-6-8-19-9-7-11/h1-3,6-9,13H,4-5,10,18H2. The Bertz CT molecular complexity index is 531. The molecule has 0 bridgehead atoms. The Morgan fingerprint density at radius 2 is 1.95 bits per heavy atom. The van der Waals surface area contributed by atoms with Crippen LogP contribution in [0.25, 0.3) is 0 Å². The van der Waals surface area contributed by atoms with Gasteiger partial charge in [0.15, 0.2) is 0 Å². The SMILES string of the molecule is NC(CCc1ccncc1)Cc1cccc(F)c1Cl. The maximum absolute atomic E-state index is 13.3. The van der Waals surface area contributed by atoms with Crippen LogP contribution in [0.2, 0.25) is 5.02 Å². The maximum Gasteiger partial charge on any atom is 0.142 e. The highest BCUT2D eigenvalue weighted by molar-refractivity contribution is 6.31. The van der Waals surface area contributed by atoms with Crippen molar-refractivity contribution < 1.29 is 4.39 Å². The van der Waals surface area contributed by atoms with Crippen LogP contribution in [0, 0.1) is 5.82 Å². The zero-order valence-corrected chi connectivity index (χ0v) is 11.3. The van der Waals surface area contributed by atoms with Crippen LogP contribution in [0.15, 0.2) is 42.7 Å². The molecule has 0 fully saturated rings. The second-order valence-electron chi connectivity index (χ2n) is 4.57. The van der Waals surface area contributed by atoms with E-state index < -0.39 is 0 Å². The van der Waals surface area contributed by atoms with Gasteiger partial charge in [-0.25, -0.2) is 4.39 Å². The Morgan fingerprint density at radius 1 is 1.21 bits per heavy atom. The molecule has 0 saturated carbocycles. The topological polar surface area (TPSA) is 38.9 Å². The van der Waals surface area contributed by atoms with Crippen molar-refractivity contribution in [2.24, 2.45) is 5.73 Å². The van der Waals surface area contributed by atoms with E-state index in [1.54, 1.807) is 18.5 Å². The Morgan fingerprint density at radius 3 is 2.68 bits per heavy atom. The van der Waals surface area contributed by atoms with Crippen molar-refractivity contribution in [1.82, 2.24) is 4.98 Å². The van der Waals surface area contributed by atoms with Gasteiger partial charge in [0.2, 0.25) is 0 Å². The minimum Gasteiger partial charge on any atom is -0.327 e. The molecule has 1 heterocycles. The van der Waals surface area contributed by atoms with Gasteiger partial charge in [-0.3, -0.25) is 4.98 Å². The highest BCUT2D eigenvalue weighted by atomic mass is 35.5. The number of nitrogens with zero attached hydrogens (tertiary/aromatic N) is 1. The minimum atomic E-state index is -0.388. The molecule has 2 aromatic rings. The van der Waals surface area contributed by atoms with E-state index in [4.69, 9.17) is 17.3 Å². The summed E-state index contributed by atoms with van der Waals surface area (Å²) in [7, 11) is 0. The number of rotatable bonds is 5. The second kappa shape index (κ2) is 6.64. The second-order valence-corrected chi connectivity index (χ2v) is 4.95. The number of hydrogen-bond acceptors (Lipinski definition) is 2. The third-order valence-corrected chi connectivity index (χ3v) is 3.49. The van der Waals surface area contributed by atoms with Gasteiger partial charge in [0.25, 0.3) is 0 Å². The van der Waals surface area contributed by atoms with Crippen LogP contribution in [-0.2, 0) is 12.8 Å². The maximum atomic E-state index is 13.3. The molecular weight excluding hydrogens is 263 g/mol. The number of benzene rings is 1. The van der Waals surface area contributed by atoms with Crippen molar-refractivity contribution in [3.05, 3.63) is 64.7 Å². The van der Waals surface area contributed by atoms with Crippen LogP contribution < -0.4 is 5.73 Å². The number of aryl methyl sites for hydroxylation is 1. The van der Waals surface area contributed by atoms with Crippen molar-refractivity contribution in [2.75, 3.05) is 0 Å². The summed E-state index contributed by atoms with van der Waals surface area (Å²) < 4.78 is 13.3. The van der Waals surface area contributed by atoms with E-state index in [0.717, 1.165) is 18.4 Å². The smallest absolute Gasteiger partial charge is 0.142 e. The molecular formula is C15H16ClFN2. The van der Waals surface area contributed by atoms with Crippen molar-refractivity contribution in [3.63, 3.8) is 0 Å². The Hall–Kier alpha value is -1.45. The number of hydrogen-bond donors (Lipinski definition) is 1. The van der Waals surface area contributed by atoms with Crippen LogP contribution in [0.3, 0.4) is 0 Å². The van der Waals surface area contributed by atoms with Crippen LogP contribution in [0.4, 0.5) is 4.39 Å². The first-order valence-corrected chi connectivity index (χ1v) is 6.62. The van der Waals surface area contributed by atoms with Gasteiger partial charge in [0.05, 0.1) is 5.02 Å². The first kappa shape index (κ1) is 14.0. The molecule has 0 aliphatic carbocycles. The predicted octanol–water partition coefficient (Wildman–Crippen LogP) is 3.38. The lowest BCUT2D eigenvalue weighted by Gasteiger charge is -2.13. The van der Waals surface area contributed by atoms with Gasteiger partial charge in [-0.1, -0.05) is 23.7 Å². The quantitative estimate of drug-likeness (QED) is 0.911. The van der Waals surface area contributed by atoms with Gasteiger partial charge < -0.3 is 5.73 Å². The Balaban J connectivity index is 1.91. The molecule has 0 aliphatic heterocycles. The average molecular weight is 279 g/mol. The van der Waals surface area contributed by atoms with Gasteiger partial charge in [-0.2, -0.15) is 0 Å². The fourth-order valence-electron chi connectivity index (χ4n) is 1.99. The third-order valence-electron chi connectivity index (χ3n) is 3.07. The molecule has 100 valence electrons. The fraction of sp³-hybridized carbons (Fsp3) is 0.267. The van der Waals surface area contributed by atoms with E-state index in [1.165, 1.54) is 11.6 Å². The van der Waals surface area contributed by atoms with E-state index >= 15 is 0 Å². The summed E-state index contributed by atoms with van der Waals surface area (Å²) in [6.45, 7) is 0. The van der Waals surface area contributed by atoms with E-state index in [9.17, 15) is 4.39 Å². The van der Waals surface area contributed by atoms with Crippen LogP contribution in [0.1, 0.15) is 17.5 Å². The molecule has 1 atom stereocenters. The van der Waals surface area contributed by atoms with E-state index in [1.807, 2.05) is 18.2 Å². The van der Waals surface area contributed by atoms with Gasteiger partial charge in [-0.15, -0.1) is 0 Å². The highest BCUT2D eigenvalue weighted by Crippen LogP contribution is 2.21. The first-order valence-electron chi connectivity index (χ1n) is 6.24. The Labute approximate surface area is 117 Å². The predicted molar refractivity (Wildman–Crippen MR) is 75.6 cm³/mol. The van der Waals surface area contributed by atoms with Crippen molar-refractivity contribution in [2.45, 2.75) is 25.3 Å². The molecule has 19 heavy (non-hydrogen) atoms. The van der Waals surface area contributed by atoms with E-state index in [0.29, 0.717) is 6.42 Å². The zero-order chi connectivity index (χ0) is 13.7. The van der Waals surface area contributed by atoms with Crippen LogP contribution >= 0.6 is 11.6 Å². The zero-order valence-electron chi connectivity index (χ0n) is 10.5. The summed E-state index contributed by atoms with van der Waals surface area (Å²) >= 11 is 5.92. The van der Waals surface area contributed by atoms with E-state index in [2.05, 4.69) is 4.98 Å². The molecule has 2 nitrogen and oxygen atoms in total. The van der Waals surface area contributed by atoms with Gasteiger partial charge in [0.1, 0.15) is 5.82 Å². The molecule has 0 radical (unpaired) electrons. The monoisotopic (exact) mass is 278 g/mol. The molecule has 1 aromatic carbocycles. The van der Waals surface area contributed by atoms with Crippen molar-refractivity contribution in [1.29, 1.82) is 0 Å². The molecule has 1 aromatic heterocycles. The normalized spacial score (nSPS) is 12.4. The lowest BCUT2D eigenvalue weighted by molar-refractivity contribution is 0.599. The van der Waals surface area contributed by atoms with Crippen LogP contribution in [-0.4, -0.2) is 11.0 Å². The third kappa shape index (κ3) is 4.01. The summed E-state index contributed by atoms with van der Waals surface area (Å²) in [6.07, 6.45) is 5.84. The summed E-state index contributed by atoms with van der Waals surface area (Å²) in [5, 5.41) is 0.182.